The van der Waals surface area contributed by atoms with Gasteiger partial charge in [-0.25, -0.2) is 9.78 Å². The van der Waals surface area contributed by atoms with Gasteiger partial charge in [0.05, 0.1) is 17.9 Å². The Morgan fingerprint density at radius 3 is 2.55 bits per heavy atom. The normalized spacial score (nSPS) is 11.3. The summed E-state index contributed by atoms with van der Waals surface area (Å²) in [6.07, 6.45) is 4.53. The van der Waals surface area contributed by atoms with Crippen molar-refractivity contribution in [3.8, 4) is 17.3 Å². The predicted octanol–water partition coefficient (Wildman–Crippen LogP) is 6.94. The van der Waals surface area contributed by atoms with Crippen LogP contribution in [0.1, 0.15) is 54.5 Å². The number of rotatable bonds is 10. The number of hydrogen-bond donors (Lipinski definition) is 1. The van der Waals surface area contributed by atoms with Crippen molar-refractivity contribution in [2.45, 2.75) is 40.0 Å². The average Bonchev–Trinajstić information content (AvgIpc) is 3.30. The molecule has 170 valence electrons. The zero-order chi connectivity index (χ0) is 23.6. The van der Waals surface area contributed by atoms with Crippen LogP contribution in [0, 0.1) is 17.2 Å². The fraction of sp³-hybridized carbons (Fsp3) is 0.296. The molecule has 1 N–H and O–H groups in total. The molecule has 0 bridgehead atoms. The van der Waals surface area contributed by atoms with E-state index in [2.05, 4.69) is 61.4 Å². The lowest BCUT2D eigenvalue weighted by Crippen LogP contribution is -2.06. The van der Waals surface area contributed by atoms with E-state index in [4.69, 9.17) is 4.74 Å². The Labute approximate surface area is 199 Å². The summed E-state index contributed by atoms with van der Waals surface area (Å²) in [4.78, 5) is 16.7. The molecule has 3 aromatic rings. The van der Waals surface area contributed by atoms with Crippen LogP contribution >= 0.6 is 11.3 Å². The van der Waals surface area contributed by atoms with Crippen molar-refractivity contribution in [3.05, 3.63) is 76.2 Å². The standard InChI is InChI=1S/C27H29N3O2S/c1-4-5-14-32-27(31)22-10-12-24(13-11-22)29-17-23(16-28)26-30-25(18-33-26)21-8-6-20(7-9-21)15-19(2)3/h6-13,17-19,29H,4-5,14-15H2,1-3H3. The molecule has 0 saturated carbocycles. The minimum absolute atomic E-state index is 0.323. The molecule has 2 aromatic carbocycles. The van der Waals surface area contributed by atoms with E-state index in [0.717, 1.165) is 36.2 Å². The van der Waals surface area contributed by atoms with E-state index in [1.54, 1.807) is 30.5 Å². The smallest absolute Gasteiger partial charge is 0.338 e. The molecule has 1 aromatic heterocycles. The maximum absolute atomic E-state index is 12.0. The molecular formula is C27H29N3O2S. The fourth-order valence-corrected chi connectivity index (χ4v) is 4.00. The van der Waals surface area contributed by atoms with Gasteiger partial charge in [-0.1, -0.05) is 51.5 Å². The van der Waals surface area contributed by atoms with Crippen LogP contribution in [-0.2, 0) is 11.2 Å². The van der Waals surface area contributed by atoms with Crippen molar-refractivity contribution in [2.24, 2.45) is 5.92 Å². The van der Waals surface area contributed by atoms with E-state index in [9.17, 15) is 10.1 Å². The molecule has 0 atom stereocenters. The van der Waals surface area contributed by atoms with Gasteiger partial charge < -0.3 is 10.1 Å². The Hall–Kier alpha value is -3.43. The van der Waals surface area contributed by atoms with Gasteiger partial charge in [0.15, 0.2) is 0 Å². The third-order valence-electron chi connectivity index (χ3n) is 4.98. The molecule has 5 nitrogen and oxygen atoms in total. The number of nitrogens with zero attached hydrogens (tertiary/aromatic N) is 2. The number of unbranched alkanes of at least 4 members (excludes halogenated alkanes) is 1. The van der Waals surface area contributed by atoms with E-state index in [-0.39, 0.29) is 5.97 Å². The van der Waals surface area contributed by atoms with Gasteiger partial charge in [-0.15, -0.1) is 11.3 Å². The third-order valence-corrected chi connectivity index (χ3v) is 5.86. The summed E-state index contributed by atoms with van der Waals surface area (Å²) in [5.41, 5.74) is 4.93. The zero-order valence-corrected chi connectivity index (χ0v) is 20.1. The lowest BCUT2D eigenvalue weighted by molar-refractivity contribution is 0.0500. The van der Waals surface area contributed by atoms with Crippen LogP contribution in [0.2, 0.25) is 0 Å². The summed E-state index contributed by atoms with van der Waals surface area (Å²) >= 11 is 1.44. The van der Waals surface area contributed by atoms with Crippen molar-refractivity contribution >= 4 is 28.6 Å². The van der Waals surface area contributed by atoms with Gasteiger partial charge in [0.25, 0.3) is 0 Å². The molecule has 1 heterocycles. The summed E-state index contributed by atoms with van der Waals surface area (Å²) in [5, 5.41) is 15.4. The van der Waals surface area contributed by atoms with E-state index in [1.165, 1.54) is 16.9 Å². The topological polar surface area (TPSA) is 75.0 Å². The molecule has 0 radical (unpaired) electrons. The second kappa shape index (κ2) is 12.0. The summed E-state index contributed by atoms with van der Waals surface area (Å²) in [6, 6.07) is 17.6. The molecule has 0 aliphatic rings. The van der Waals surface area contributed by atoms with Gasteiger partial charge in [-0.05, 0) is 48.6 Å². The molecule has 0 spiro atoms. The number of thiazole rings is 1. The predicted molar refractivity (Wildman–Crippen MR) is 135 cm³/mol. The van der Waals surface area contributed by atoms with Gasteiger partial charge in [0.2, 0.25) is 0 Å². The first kappa shape index (κ1) is 24.2. The SMILES string of the molecule is CCCCOC(=O)c1ccc(NC=C(C#N)c2nc(-c3ccc(CC(C)C)cc3)cs2)cc1. The highest BCUT2D eigenvalue weighted by molar-refractivity contribution is 7.11. The van der Waals surface area contributed by atoms with Crippen LogP contribution in [0.25, 0.3) is 16.8 Å². The summed E-state index contributed by atoms with van der Waals surface area (Å²) in [6.45, 7) is 6.90. The van der Waals surface area contributed by atoms with Crippen LogP contribution in [0.4, 0.5) is 5.69 Å². The second-order valence-electron chi connectivity index (χ2n) is 8.21. The molecule has 0 saturated heterocycles. The Bertz CT molecular complexity index is 1120. The molecule has 33 heavy (non-hydrogen) atoms. The number of carbonyl (C=O) groups excluding carboxylic acids is 1. The van der Waals surface area contributed by atoms with Crippen LogP contribution < -0.4 is 5.32 Å². The zero-order valence-electron chi connectivity index (χ0n) is 19.3. The van der Waals surface area contributed by atoms with E-state index in [0.29, 0.717) is 28.7 Å². The summed E-state index contributed by atoms with van der Waals surface area (Å²) < 4.78 is 5.22. The van der Waals surface area contributed by atoms with Crippen LogP contribution in [-0.4, -0.2) is 17.6 Å². The minimum Gasteiger partial charge on any atom is -0.462 e. The first-order valence-electron chi connectivity index (χ1n) is 11.2. The second-order valence-corrected chi connectivity index (χ2v) is 9.07. The van der Waals surface area contributed by atoms with Crippen LogP contribution in [0.15, 0.2) is 60.1 Å². The van der Waals surface area contributed by atoms with Crippen molar-refractivity contribution in [1.29, 1.82) is 5.26 Å². The van der Waals surface area contributed by atoms with Gasteiger partial charge in [-0.2, -0.15) is 5.26 Å². The summed E-state index contributed by atoms with van der Waals surface area (Å²) in [7, 11) is 0. The van der Waals surface area contributed by atoms with E-state index < -0.39 is 0 Å². The number of benzene rings is 2. The average molecular weight is 460 g/mol. The Morgan fingerprint density at radius 2 is 1.91 bits per heavy atom. The number of nitrogens with one attached hydrogen (secondary N) is 1. The number of carbonyl (C=O) groups is 1. The lowest BCUT2D eigenvalue weighted by Gasteiger charge is -2.06. The summed E-state index contributed by atoms with van der Waals surface area (Å²) in [5.74, 6) is 0.296. The van der Waals surface area contributed by atoms with Crippen molar-refractivity contribution in [2.75, 3.05) is 11.9 Å². The molecule has 0 fully saturated rings. The number of nitriles is 1. The quantitative estimate of drug-likeness (QED) is 0.202. The van der Waals surface area contributed by atoms with Crippen molar-refractivity contribution < 1.29 is 9.53 Å². The number of hydrogen-bond acceptors (Lipinski definition) is 6. The molecule has 0 aliphatic heterocycles. The van der Waals surface area contributed by atoms with Crippen molar-refractivity contribution in [3.63, 3.8) is 0 Å². The Kier molecular flexibility index (Phi) is 8.79. The number of ether oxygens (including phenoxy) is 1. The first-order valence-corrected chi connectivity index (χ1v) is 12.1. The maximum Gasteiger partial charge on any atom is 0.338 e. The maximum atomic E-state index is 12.0. The highest BCUT2D eigenvalue weighted by Crippen LogP contribution is 2.27. The Balaban J connectivity index is 1.65. The highest BCUT2D eigenvalue weighted by Gasteiger charge is 2.10. The van der Waals surface area contributed by atoms with Crippen LogP contribution in [0.3, 0.4) is 0 Å². The van der Waals surface area contributed by atoms with Gasteiger partial charge in [0.1, 0.15) is 16.6 Å². The lowest BCUT2D eigenvalue weighted by atomic mass is 10.0. The monoisotopic (exact) mass is 459 g/mol. The highest BCUT2D eigenvalue weighted by atomic mass is 32.1. The molecule has 0 amide bonds. The first-order chi connectivity index (χ1) is 16.0. The minimum atomic E-state index is -0.323. The molecule has 0 unspecified atom stereocenters. The number of aromatic nitrogens is 1. The number of esters is 1. The molecule has 6 heteroatoms. The molecule has 3 rings (SSSR count). The number of anilines is 1. The molecule has 0 aliphatic carbocycles. The van der Waals surface area contributed by atoms with Crippen LogP contribution in [0.5, 0.6) is 0 Å². The fourth-order valence-electron chi connectivity index (χ4n) is 3.21. The number of allylic oxidation sites excluding steroid dienone is 1. The van der Waals surface area contributed by atoms with Gasteiger partial charge in [0, 0.05) is 22.8 Å². The largest absolute Gasteiger partial charge is 0.462 e. The van der Waals surface area contributed by atoms with Gasteiger partial charge >= 0.3 is 5.97 Å². The third kappa shape index (κ3) is 7.03. The van der Waals surface area contributed by atoms with Gasteiger partial charge in [-0.3, -0.25) is 0 Å². The van der Waals surface area contributed by atoms with E-state index >= 15 is 0 Å². The van der Waals surface area contributed by atoms with Crippen molar-refractivity contribution in [1.82, 2.24) is 4.98 Å². The Morgan fingerprint density at radius 1 is 1.18 bits per heavy atom. The van der Waals surface area contributed by atoms with E-state index in [1.807, 2.05) is 5.38 Å². The molecular weight excluding hydrogens is 430 g/mol.